The van der Waals surface area contributed by atoms with Crippen molar-refractivity contribution in [2.45, 2.75) is 63.9 Å². The Labute approximate surface area is 134 Å². The molecule has 2 rings (SSSR count). The van der Waals surface area contributed by atoms with Gasteiger partial charge in [0.05, 0.1) is 24.3 Å². The van der Waals surface area contributed by atoms with E-state index in [9.17, 15) is 0 Å². The Hall–Kier alpha value is -1.59. The Kier molecular flexibility index (Phi) is 7.19. The molecule has 0 radical (unpaired) electrons. The number of rotatable bonds is 7. The van der Waals surface area contributed by atoms with Crippen LogP contribution in [0.1, 0.15) is 68.9 Å². The second-order valence-corrected chi connectivity index (χ2v) is 6.13. The molecule has 0 amide bonds. The van der Waals surface area contributed by atoms with Crippen molar-refractivity contribution in [3.05, 3.63) is 47.5 Å². The van der Waals surface area contributed by atoms with Crippen molar-refractivity contribution in [2.24, 2.45) is 0 Å². The smallest absolute Gasteiger partial charge is 0.0991 e. The molecule has 1 aromatic rings. The van der Waals surface area contributed by atoms with Gasteiger partial charge in [-0.2, -0.15) is 5.26 Å². The fraction of sp³-hybridized carbons (Fsp3) is 0.550. The molecule has 2 heteroatoms. The van der Waals surface area contributed by atoms with Crippen LogP contribution in [0.15, 0.2) is 36.4 Å². The highest BCUT2D eigenvalue weighted by atomic mass is 16.5. The summed E-state index contributed by atoms with van der Waals surface area (Å²) >= 11 is 0. The Morgan fingerprint density at radius 3 is 2.41 bits per heavy atom. The van der Waals surface area contributed by atoms with Gasteiger partial charge in [-0.3, -0.25) is 0 Å². The number of allylic oxidation sites excluding steroid dienone is 1. The van der Waals surface area contributed by atoms with E-state index in [0.29, 0.717) is 12.0 Å². The van der Waals surface area contributed by atoms with Gasteiger partial charge in [0.2, 0.25) is 0 Å². The van der Waals surface area contributed by atoms with E-state index in [1.165, 1.54) is 31.2 Å². The molecule has 0 unspecified atom stereocenters. The molecule has 1 saturated carbocycles. The quantitative estimate of drug-likeness (QED) is 0.502. The van der Waals surface area contributed by atoms with E-state index in [0.717, 1.165) is 31.4 Å². The number of benzene rings is 1. The minimum absolute atomic E-state index is 0.439. The molecule has 0 saturated heterocycles. The zero-order valence-corrected chi connectivity index (χ0v) is 13.6. The first-order valence-corrected chi connectivity index (χ1v) is 8.60. The lowest BCUT2D eigenvalue weighted by atomic mass is 9.82. The van der Waals surface area contributed by atoms with Gasteiger partial charge >= 0.3 is 0 Å². The van der Waals surface area contributed by atoms with Gasteiger partial charge in [0, 0.05) is 0 Å². The minimum Gasteiger partial charge on any atom is -0.378 e. The zero-order chi connectivity index (χ0) is 15.6. The topological polar surface area (TPSA) is 33.0 Å². The molecule has 0 aromatic heterocycles. The lowest BCUT2D eigenvalue weighted by Crippen LogP contribution is -2.21. The van der Waals surface area contributed by atoms with Crippen LogP contribution < -0.4 is 0 Å². The van der Waals surface area contributed by atoms with Crippen molar-refractivity contribution in [3.63, 3.8) is 0 Å². The summed E-state index contributed by atoms with van der Waals surface area (Å²) in [5, 5.41) is 8.85. The average molecular weight is 297 g/mol. The van der Waals surface area contributed by atoms with E-state index in [2.05, 4.69) is 37.3 Å². The predicted octanol–water partition coefficient (Wildman–Crippen LogP) is 5.35. The Morgan fingerprint density at radius 2 is 1.77 bits per heavy atom. The molecule has 1 aliphatic rings. The lowest BCUT2D eigenvalue weighted by molar-refractivity contribution is 0.0274. The molecule has 1 fully saturated rings. The summed E-state index contributed by atoms with van der Waals surface area (Å²) in [5.41, 5.74) is 2.12. The zero-order valence-electron chi connectivity index (χ0n) is 13.6. The summed E-state index contributed by atoms with van der Waals surface area (Å²) in [4.78, 5) is 0. The minimum atomic E-state index is 0.439. The van der Waals surface area contributed by atoms with Gasteiger partial charge in [-0.05, 0) is 62.1 Å². The van der Waals surface area contributed by atoms with Crippen molar-refractivity contribution < 1.29 is 4.74 Å². The van der Waals surface area contributed by atoms with Gasteiger partial charge in [-0.25, -0.2) is 0 Å². The van der Waals surface area contributed by atoms with Crippen molar-refractivity contribution in [2.75, 3.05) is 6.61 Å². The first kappa shape index (κ1) is 16.8. The third-order valence-electron chi connectivity index (χ3n) is 4.45. The second-order valence-electron chi connectivity index (χ2n) is 6.13. The van der Waals surface area contributed by atoms with Gasteiger partial charge < -0.3 is 4.74 Å². The number of nitrogens with zero attached hydrogens (tertiary/aromatic N) is 1. The summed E-state index contributed by atoms with van der Waals surface area (Å²) in [6, 6.07) is 10.3. The highest BCUT2D eigenvalue weighted by Gasteiger charge is 2.22. The van der Waals surface area contributed by atoms with E-state index >= 15 is 0 Å². The first-order chi connectivity index (χ1) is 10.8. The van der Waals surface area contributed by atoms with Gasteiger partial charge in [-0.15, -0.1) is 0 Å². The largest absolute Gasteiger partial charge is 0.378 e. The fourth-order valence-corrected chi connectivity index (χ4v) is 3.10. The number of unbranched alkanes of at least 4 members (excludes halogenated alkanes) is 1. The Morgan fingerprint density at radius 1 is 1.09 bits per heavy atom. The summed E-state index contributed by atoms with van der Waals surface area (Å²) < 4.78 is 5.99. The molecular formula is C20H27NO. The molecule has 2 nitrogen and oxygen atoms in total. The van der Waals surface area contributed by atoms with Crippen LogP contribution in [0.3, 0.4) is 0 Å². The highest BCUT2D eigenvalue weighted by Crippen LogP contribution is 2.34. The maximum absolute atomic E-state index is 8.85. The fourth-order valence-electron chi connectivity index (χ4n) is 3.10. The van der Waals surface area contributed by atoms with Gasteiger partial charge in [0.25, 0.3) is 0 Å². The normalized spacial score (nSPS) is 21.8. The monoisotopic (exact) mass is 297 g/mol. The molecule has 0 N–H and O–H groups in total. The molecule has 118 valence electrons. The molecule has 0 aliphatic heterocycles. The van der Waals surface area contributed by atoms with Gasteiger partial charge in [-0.1, -0.05) is 37.6 Å². The molecular weight excluding hydrogens is 270 g/mol. The van der Waals surface area contributed by atoms with Gasteiger partial charge in [0.1, 0.15) is 0 Å². The molecule has 0 atom stereocenters. The van der Waals surface area contributed by atoms with Crippen molar-refractivity contribution >= 4 is 0 Å². The summed E-state index contributed by atoms with van der Waals surface area (Å²) in [6.07, 6.45) is 13.1. The second kappa shape index (κ2) is 9.43. The van der Waals surface area contributed by atoms with E-state index in [1.54, 1.807) is 0 Å². The highest BCUT2D eigenvalue weighted by molar-refractivity contribution is 5.33. The number of hydrogen-bond donors (Lipinski definition) is 0. The molecule has 1 aromatic carbocycles. The van der Waals surface area contributed by atoms with Gasteiger partial charge in [0.15, 0.2) is 0 Å². The van der Waals surface area contributed by atoms with Crippen LogP contribution in [0.5, 0.6) is 0 Å². The predicted molar refractivity (Wildman–Crippen MR) is 90.8 cm³/mol. The maximum atomic E-state index is 8.85. The van der Waals surface area contributed by atoms with Crippen LogP contribution in [-0.2, 0) is 4.74 Å². The van der Waals surface area contributed by atoms with E-state index in [4.69, 9.17) is 10.00 Å². The van der Waals surface area contributed by atoms with Crippen molar-refractivity contribution in [3.8, 4) is 6.07 Å². The third kappa shape index (κ3) is 5.31. The van der Waals surface area contributed by atoms with Crippen molar-refractivity contribution in [1.82, 2.24) is 0 Å². The van der Waals surface area contributed by atoms with Crippen LogP contribution in [0, 0.1) is 11.3 Å². The first-order valence-electron chi connectivity index (χ1n) is 8.60. The van der Waals surface area contributed by atoms with E-state index < -0.39 is 0 Å². The van der Waals surface area contributed by atoms with Crippen LogP contribution in [0.2, 0.25) is 0 Å². The Balaban J connectivity index is 1.68. The SMILES string of the molecule is CCCC=CCCOC1CCC(c2ccc(C#N)cc2)CC1. The van der Waals surface area contributed by atoms with Crippen LogP contribution in [-0.4, -0.2) is 12.7 Å². The third-order valence-corrected chi connectivity index (χ3v) is 4.45. The summed E-state index contributed by atoms with van der Waals surface area (Å²) in [5.74, 6) is 0.636. The van der Waals surface area contributed by atoms with Crippen LogP contribution >= 0.6 is 0 Å². The summed E-state index contributed by atoms with van der Waals surface area (Å²) in [7, 11) is 0. The van der Waals surface area contributed by atoms with Crippen LogP contribution in [0.25, 0.3) is 0 Å². The standard InChI is InChI=1S/C20H27NO/c1-2-3-4-5-6-15-22-20-13-11-19(12-14-20)18-9-7-17(16-21)8-10-18/h4-5,7-10,19-20H,2-3,6,11-15H2,1H3. The maximum Gasteiger partial charge on any atom is 0.0991 e. The van der Waals surface area contributed by atoms with E-state index in [1.807, 2.05) is 12.1 Å². The lowest BCUT2D eigenvalue weighted by Gasteiger charge is -2.28. The number of nitriles is 1. The van der Waals surface area contributed by atoms with Crippen molar-refractivity contribution in [1.29, 1.82) is 5.26 Å². The molecule has 1 aliphatic carbocycles. The van der Waals surface area contributed by atoms with E-state index in [-0.39, 0.29) is 0 Å². The van der Waals surface area contributed by atoms with Crippen LogP contribution in [0.4, 0.5) is 0 Å². The average Bonchev–Trinajstić information content (AvgIpc) is 2.59. The Bertz CT molecular complexity index is 489. The number of hydrogen-bond acceptors (Lipinski definition) is 2. The molecule has 0 bridgehead atoms. The summed E-state index contributed by atoms with van der Waals surface area (Å²) in [6.45, 7) is 3.06. The molecule has 22 heavy (non-hydrogen) atoms. The molecule has 0 heterocycles. The number of ether oxygens (including phenoxy) is 1. The molecule has 0 spiro atoms.